The average Bonchev–Trinajstić information content (AvgIpc) is 2.25. The smallest absolute Gasteiger partial charge is 0.269 e. The number of benzene rings is 1. The highest BCUT2D eigenvalue weighted by Gasteiger charge is 2.07. The zero-order valence-electron chi connectivity index (χ0n) is 8.91. The minimum absolute atomic E-state index is 0.00843. The van der Waals surface area contributed by atoms with Gasteiger partial charge in [0, 0.05) is 31.8 Å². The Hall–Kier alpha value is -2.15. The van der Waals surface area contributed by atoms with Crippen molar-refractivity contribution in [3.05, 3.63) is 39.9 Å². The number of nitro groups is 1. The molecule has 1 aromatic rings. The number of amidine groups is 1. The van der Waals surface area contributed by atoms with Gasteiger partial charge in [-0.05, 0) is 12.1 Å². The predicted octanol–water partition coefficient (Wildman–Crippen LogP) is 0.797. The summed E-state index contributed by atoms with van der Waals surface area (Å²) in [5, 5.41) is 24.8. The maximum absolute atomic E-state index is 10.4. The van der Waals surface area contributed by atoms with Gasteiger partial charge in [0.05, 0.1) is 4.92 Å². The first-order chi connectivity index (χ1) is 7.54. The van der Waals surface area contributed by atoms with Crippen molar-refractivity contribution in [1.82, 2.24) is 10.5 Å². The van der Waals surface area contributed by atoms with Gasteiger partial charge in [-0.3, -0.25) is 20.8 Å². The summed E-state index contributed by atoms with van der Waals surface area (Å²) in [6.07, 6.45) is 0. The monoisotopic (exact) mass is 224 g/mol. The first-order valence-corrected chi connectivity index (χ1v) is 4.45. The second-order valence-corrected chi connectivity index (χ2v) is 3.21. The molecule has 0 aliphatic rings. The van der Waals surface area contributed by atoms with Crippen LogP contribution in [0.2, 0.25) is 0 Å². The van der Waals surface area contributed by atoms with Gasteiger partial charge in [0.25, 0.3) is 5.69 Å². The van der Waals surface area contributed by atoms with Crippen molar-refractivity contribution in [2.75, 3.05) is 14.1 Å². The summed E-state index contributed by atoms with van der Waals surface area (Å²) in [7, 11) is 3.39. The Bertz CT molecular complexity index is 400. The average molecular weight is 224 g/mol. The summed E-state index contributed by atoms with van der Waals surface area (Å²) in [6, 6.07) is 5.70. The maximum Gasteiger partial charge on any atom is 0.269 e. The SMILES string of the molecule is CN(C)/N=C(\NO)c1ccc([N+](=O)[O-])cc1. The van der Waals surface area contributed by atoms with E-state index in [9.17, 15) is 10.1 Å². The molecule has 86 valence electrons. The van der Waals surface area contributed by atoms with Gasteiger partial charge in [-0.1, -0.05) is 0 Å². The van der Waals surface area contributed by atoms with E-state index in [0.717, 1.165) is 0 Å². The molecule has 1 rings (SSSR count). The molecule has 7 nitrogen and oxygen atoms in total. The van der Waals surface area contributed by atoms with Gasteiger partial charge < -0.3 is 5.01 Å². The minimum atomic E-state index is -0.487. The summed E-state index contributed by atoms with van der Waals surface area (Å²) in [5.41, 5.74) is 2.49. The predicted molar refractivity (Wildman–Crippen MR) is 58.2 cm³/mol. The van der Waals surface area contributed by atoms with E-state index in [1.54, 1.807) is 14.1 Å². The van der Waals surface area contributed by atoms with E-state index in [-0.39, 0.29) is 11.5 Å². The van der Waals surface area contributed by atoms with E-state index in [2.05, 4.69) is 5.10 Å². The fourth-order valence-corrected chi connectivity index (χ4v) is 1.09. The van der Waals surface area contributed by atoms with Crippen LogP contribution in [0.15, 0.2) is 29.4 Å². The van der Waals surface area contributed by atoms with E-state index in [1.807, 2.05) is 5.48 Å². The van der Waals surface area contributed by atoms with Gasteiger partial charge in [-0.15, -0.1) is 0 Å². The van der Waals surface area contributed by atoms with Crippen LogP contribution in [0.3, 0.4) is 0 Å². The van der Waals surface area contributed by atoms with E-state index in [1.165, 1.54) is 29.3 Å². The summed E-state index contributed by atoms with van der Waals surface area (Å²) in [4.78, 5) is 9.94. The molecule has 7 heteroatoms. The second-order valence-electron chi connectivity index (χ2n) is 3.21. The van der Waals surface area contributed by atoms with E-state index in [0.29, 0.717) is 5.56 Å². The van der Waals surface area contributed by atoms with Crippen LogP contribution in [0.4, 0.5) is 5.69 Å². The molecular weight excluding hydrogens is 212 g/mol. The van der Waals surface area contributed by atoms with Gasteiger partial charge in [0.15, 0.2) is 5.84 Å². The molecule has 0 saturated carbocycles. The standard InChI is InChI=1S/C9H12N4O3/c1-12(2)10-9(11-14)7-3-5-8(6-4-7)13(15)16/h3-6,14H,1-2H3,(H,10,11). The summed E-state index contributed by atoms with van der Waals surface area (Å²) in [6.45, 7) is 0. The lowest BCUT2D eigenvalue weighted by Gasteiger charge is -2.09. The zero-order valence-corrected chi connectivity index (χ0v) is 8.91. The van der Waals surface area contributed by atoms with Crippen molar-refractivity contribution < 1.29 is 10.1 Å². The van der Waals surface area contributed by atoms with Crippen molar-refractivity contribution in [2.45, 2.75) is 0 Å². The fourth-order valence-electron chi connectivity index (χ4n) is 1.09. The number of hydrogen-bond donors (Lipinski definition) is 2. The minimum Gasteiger partial charge on any atom is -0.301 e. The van der Waals surface area contributed by atoms with Gasteiger partial charge in [0.2, 0.25) is 0 Å². The third-order valence-electron chi connectivity index (χ3n) is 1.76. The Labute approximate surface area is 92.1 Å². The number of hydrazone groups is 1. The van der Waals surface area contributed by atoms with Crippen LogP contribution in [-0.2, 0) is 0 Å². The molecule has 1 aromatic carbocycles. The molecule has 0 heterocycles. The van der Waals surface area contributed by atoms with Crippen LogP contribution in [0.1, 0.15) is 5.56 Å². The van der Waals surface area contributed by atoms with Crippen LogP contribution < -0.4 is 5.48 Å². The third kappa shape index (κ3) is 2.92. The highest BCUT2D eigenvalue weighted by molar-refractivity contribution is 5.97. The number of rotatable bonds is 3. The summed E-state index contributed by atoms with van der Waals surface area (Å²) in [5.74, 6) is 0.222. The number of nitrogens with one attached hydrogen (secondary N) is 1. The molecule has 0 bridgehead atoms. The van der Waals surface area contributed by atoms with Crippen LogP contribution in [0.25, 0.3) is 0 Å². The molecule has 0 radical (unpaired) electrons. The summed E-state index contributed by atoms with van der Waals surface area (Å²) >= 11 is 0. The molecular formula is C9H12N4O3. The van der Waals surface area contributed by atoms with Crippen molar-refractivity contribution in [3.63, 3.8) is 0 Å². The lowest BCUT2D eigenvalue weighted by atomic mass is 10.2. The van der Waals surface area contributed by atoms with Crippen molar-refractivity contribution in [2.24, 2.45) is 5.10 Å². The molecule has 0 aromatic heterocycles. The molecule has 16 heavy (non-hydrogen) atoms. The van der Waals surface area contributed by atoms with Gasteiger partial charge in [0.1, 0.15) is 0 Å². The zero-order chi connectivity index (χ0) is 12.1. The fraction of sp³-hybridized carbons (Fsp3) is 0.222. The molecule has 0 saturated heterocycles. The molecule has 0 amide bonds. The first-order valence-electron chi connectivity index (χ1n) is 4.45. The number of hydrogen-bond acceptors (Lipinski definition) is 5. The Kier molecular flexibility index (Phi) is 3.78. The quantitative estimate of drug-likeness (QED) is 0.343. The third-order valence-corrected chi connectivity index (χ3v) is 1.76. The largest absolute Gasteiger partial charge is 0.301 e. The van der Waals surface area contributed by atoms with Crippen LogP contribution in [-0.4, -0.2) is 35.1 Å². The maximum atomic E-state index is 10.4. The number of hydroxylamine groups is 1. The lowest BCUT2D eigenvalue weighted by molar-refractivity contribution is -0.384. The van der Waals surface area contributed by atoms with Gasteiger partial charge >= 0.3 is 0 Å². The summed E-state index contributed by atoms with van der Waals surface area (Å²) < 4.78 is 0. The lowest BCUT2D eigenvalue weighted by Crippen LogP contribution is -2.23. The Balaban J connectivity index is 3.00. The molecule has 0 spiro atoms. The Morgan fingerprint density at radius 2 is 2.00 bits per heavy atom. The van der Waals surface area contributed by atoms with E-state index >= 15 is 0 Å². The van der Waals surface area contributed by atoms with Gasteiger partial charge in [-0.2, -0.15) is 5.10 Å². The molecule has 0 fully saturated rings. The van der Waals surface area contributed by atoms with E-state index in [4.69, 9.17) is 5.21 Å². The molecule has 2 N–H and O–H groups in total. The second kappa shape index (κ2) is 5.08. The van der Waals surface area contributed by atoms with Crippen LogP contribution in [0.5, 0.6) is 0 Å². The highest BCUT2D eigenvalue weighted by atomic mass is 16.6. The van der Waals surface area contributed by atoms with Crippen molar-refractivity contribution >= 4 is 11.5 Å². The number of nitro benzene ring substituents is 1. The van der Waals surface area contributed by atoms with Gasteiger partial charge in [-0.25, -0.2) is 0 Å². The molecule has 0 aliphatic carbocycles. The van der Waals surface area contributed by atoms with E-state index < -0.39 is 4.92 Å². The normalized spacial score (nSPS) is 11.1. The molecule has 0 aliphatic heterocycles. The highest BCUT2D eigenvalue weighted by Crippen LogP contribution is 2.12. The van der Waals surface area contributed by atoms with Crippen molar-refractivity contribution in [3.8, 4) is 0 Å². The molecule has 0 unspecified atom stereocenters. The first kappa shape index (κ1) is 11.9. The van der Waals surface area contributed by atoms with Crippen molar-refractivity contribution in [1.29, 1.82) is 0 Å². The Morgan fingerprint density at radius 3 is 2.38 bits per heavy atom. The molecule has 0 atom stereocenters. The van der Waals surface area contributed by atoms with Crippen LogP contribution in [0, 0.1) is 10.1 Å². The number of non-ortho nitro benzene ring substituents is 1. The Morgan fingerprint density at radius 1 is 1.44 bits per heavy atom. The number of nitrogens with zero attached hydrogens (tertiary/aromatic N) is 3. The van der Waals surface area contributed by atoms with Crippen LogP contribution >= 0.6 is 0 Å². The topological polar surface area (TPSA) is 91.0 Å².